The van der Waals surface area contributed by atoms with Crippen LogP contribution in [-0.2, 0) is 6.61 Å². The highest BCUT2D eigenvalue weighted by Crippen LogP contribution is 2.35. The van der Waals surface area contributed by atoms with E-state index in [1.54, 1.807) is 0 Å². The maximum absolute atomic E-state index is 9.13. The number of nitrogens with one attached hydrogen (secondary N) is 1. The minimum absolute atomic E-state index is 0.115. The molecule has 0 amide bonds. The Balaban J connectivity index is 2.41. The molecule has 1 unspecified atom stereocenters. The van der Waals surface area contributed by atoms with Gasteiger partial charge in [-0.2, -0.15) is 0 Å². The van der Waals surface area contributed by atoms with Gasteiger partial charge in [-0.3, -0.25) is 0 Å². The lowest BCUT2D eigenvalue weighted by Crippen LogP contribution is -2.23. The molecule has 0 saturated carbocycles. The summed E-state index contributed by atoms with van der Waals surface area (Å²) in [6.45, 7) is 2.27. The Hall–Kier alpha value is -0.670. The van der Waals surface area contributed by atoms with Gasteiger partial charge in [-0.15, -0.1) is 11.8 Å². The lowest BCUT2D eigenvalue weighted by Gasteiger charge is -2.25. The average molecular weight is 195 g/mol. The summed E-state index contributed by atoms with van der Waals surface area (Å²) in [6.07, 6.45) is 0. The fraction of sp³-hybridized carbons (Fsp3) is 0.400. The zero-order valence-corrected chi connectivity index (χ0v) is 8.40. The molecule has 1 aliphatic heterocycles. The second-order valence-electron chi connectivity index (χ2n) is 3.30. The van der Waals surface area contributed by atoms with Gasteiger partial charge in [0.25, 0.3) is 0 Å². The first-order valence-electron chi connectivity index (χ1n) is 4.43. The molecule has 0 fully saturated rings. The number of aliphatic hydroxyl groups excluding tert-OH is 1. The van der Waals surface area contributed by atoms with Crippen LogP contribution in [-0.4, -0.2) is 16.9 Å². The van der Waals surface area contributed by atoms with Crippen molar-refractivity contribution >= 4 is 17.4 Å². The summed E-state index contributed by atoms with van der Waals surface area (Å²) in [4.78, 5) is 1.25. The fourth-order valence-electron chi connectivity index (χ4n) is 1.50. The van der Waals surface area contributed by atoms with Gasteiger partial charge in [0.2, 0.25) is 0 Å². The van der Waals surface area contributed by atoms with Crippen LogP contribution in [0.2, 0.25) is 0 Å². The van der Waals surface area contributed by atoms with Gasteiger partial charge in [-0.25, -0.2) is 0 Å². The summed E-state index contributed by atoms with van der Waals surface area (Å²) in [6, 6.07) is 6.54. The lowest BCUT2D eigenvalue weighted by molar-refractivity contribution is 0.282. The van der Waals surface area contributed by atoms with Crippen LogP contribution >= 0.6 is 11.8 Å². The van der Waals surface area contributed by atoms with Crippen LogP contribution < -0.4 is 5.32 Å². The Bertz CT molecular complexity index is 300. The molecule has 70 valence electrons. The van der Waals surface area contributed by atoms with E-state index in [0.717, 1.165) is 17.0 Å². The van der Waals surface area contributed by atoms with E-state index in [0.29, 0.717) is 6.04 Å². The molecule has 0 aliphatic carbocycles. The molecule has 0 aromatic heterocycles. The van der Waals surface area contributed by atoms with Gasteiger partial charge >= 0.3 is 0 Å². The molecule has 2 nitrogen and oxygen atoms in total. The number of aliphatic hydroxyl groups is 1. The molecule has 0 bridgehead atoms. The first-order chi connectivity index (χ1) is 6.31. The number of anilines is 1. The van der Waals surface area contributed by atoms with E-state index in [1.807, 2.05) is 23.9 Å². The minimum Gasteiger partial charge on any atom is -0.392 e. The van der Waals surface area contributed by atoms with Gasteiger partial charge in [0.15, 0.2) is 0 Å². The normalized spacial score (nSPS) is 20.6. The Morgan fingerprint density at radius 2 is 2.46 bits per heavy atom. The molecule has 1 aliphatic rings. The van der Waals surface area contributed by atoms with Crippen molar-refractivity contribution < 1.29 is 5.11 Å². The Morgan fingerprint density at radius 1 is 1.62 bits per heavy atom. The predicted molar refractivity (Wildman–Crippen MR) is 56.2 cm³/mol. The van der Waals surface area contributed by atoms with E-state index in [-0.39, 0.29) is 6.61 Å². The zero-order valence-electron chi connectivity index (χ0n) is 7.58. The number of benzene rings is 1. The molecule has 0 saturated heterocycles. The molecule has 1 aromatic rings. The van der Waals surface area contributed by atoms with E-state index < -0.39 is 0 Å². The van der Waals surface area contributed by atoms with Crippen molar-refractivity contribution in [3.8, 4) is 0 Å². The first kappa shape index (κ1) is 8.91. The van der Waals surface area contributed by atoms with E-state index in [1.165, 1.54) is 4.90 Å². The fourth-order valence-corrected chi connectivity index (χ4v) is 2.52. The van der Waals surface area contributed by atoms with Crippen molar-refractivity contribution in [2.24, 2.45) is 0 Å². The average Bonchev–Trinajstić information content (AvgIpc) is 2.17. The number of rotatable bonds is 1. The van der Waals surface area contributed by atoms with Crippen LogP contribution in [0.1, 0.15) is 12.5 Å². The standard InChI is InChI=1S/C10H13NOS/c1-7-6-13-9-4-2-3-8(5-12)10(9)11-7/h2-4,7,11-12H,5-6H2,1H3. The van der Waals surface area contributed by atoms with Gasteiger partial charge in [0.1, 0.15) is 0 Å². The summed E-state index contributed by atoms with van der Waals surface area (Å²) >= 11 is 1.85. The van der Waals surface area contributed by atoms with Gasteiger partial charge in [-0.1, -0.05) is 12.1 Å². The molecule has 2 N–H and O–H groups in total. The highest BCUT2D eigenvalue weighted by atomic mass is 32.2. The molecule has 1 atom stereocenters. The van der Waals surface area contributed by atoms with E-state index in [2.05, 4.69) is 18.3 Å². The van der Waals surface area contributed by atoms with E-state index >= 15 is 0 Å². The maximum atomic E-state index is 9.13. The van der Waals surface area contributed by atoms with Crippen LogP contribution in [0.5, 0.6) is 0 Å². The minimum atomic E-state index is 0.115. The monoisotopic (exact) mass is 195 g/mol. The summed E-state index contributed by atoms with van der Waals surface area (Å²) < 4.78 is 0. The third-order valence-corrected chi connectivity index (χ3v) is 3.48. The predicted octanol–water partition coefficient (Wildman–Crippen LogP) is 2.08. The second kappa shape index (κ2) is 3.60. The van der Waals surface area contributed by atoms with Crippen LogP contribution in [0.3, 0.4) is 0 Å². The molecule has 0 spiro atoms. The molecule has 13 heavy (non-hydrogen) atoms. The van der Waals surface area contributed by atoms with Gasteiger partial charge in [0.05, 0.1) is 12.3 Å². The van der Waals surface area contributed by atoms with E-state index in [4.69, 9.17) is 5.11 Å². The van der Waals surface area contributed by atoms with Crippen molar-refractivity contribution in [3.63, 3.8) is 0 Å². The zero-order chi connectivity index (χ0) is 9.26. The van der Waals surface area contributed by atoms with Crippen LogP contribution in [0, 0.1) is 0 Å². The van der Waals surface area contributed by atoms with Crippen LogP contribution in [0.15, 0.2) is 23.1 Å². The summed E-state index contributed by atoms with van der Waals surface area (Å²) in [5, 5.41) is 12.5. The van der Waals surface area contributed by atoms with Crippen molar-refractivity contribution in [2.45, 2.75) is 24.5 Å². The molecule has 1 aromatic carbocycles. The molecule has 3 heteroatoms. The van der Waals surface area contributed by atoms with Crippen LogP contribution in [0.25, 0.3) is 0 Å². The summed E-state index contributed by atoms with van der Waals surface area (Å²) in [5.41, 5.74) is 2.12. The Labute approximate surface area is 82.4 Å². The highest BCUT2D eigenvalue weighted by molar-refractivity contribution is 7.99. The number of hydrogen-bond donors (Lipinski definition) is 2. The van der Waals surface area contributed by atoms with Crippen molar-refractivity contribution in [2.75, 3.05) is 11.1 Å². The molecular weight excluding hydrogens is 182 g/mol. The largest absolute Gasteiger partial charge is 0.392 e. The maximum Gasteiger partial charge on any atom is 0.0702 e. The molecule has 1 heterocycles. The lowest BCUT2D eigenvalue weighted by atomic mass is 10.1. The molecular formula is C10H13NOS. The Morgan fingerprint density at radius 3 is 3.23 bits per heavy atom. The van der Waals surface area contributed by atoms with Gasteiger partial charge in [-0.05, 0) is 13.0 Å². The number of hydrogen-bond acceptors (Lipinski definition) is 3. The van der Waals surface area contributed by atoms with Gasteiger partial charge in [0, 0.05) is 22.3 Å². The number of thioether (sulfide) groups is 1. The Kier molecular flexibility index (Phi) is 2.47. The summed E-state index contributed by atoms with van der Waals surface area (Å²) in [7, 11) is 0. The van der Waals surface area contributed by atoms with Crippen molar-refractivity contribution in [3.05, 3.63) is 23.8 Å². The topological polar surface area (TPSA) is 32.3 Å². The number of para-hydroxylation sites is 1. The molecule has 0 radical (unpaired) electrons. The first-order valence-corrected chi connectivity index (χ1v) is 5.42. The van der Waals surface area contributed by atoms with Crippen molar-refractivity contribution in [1.29, 1.82) is 0 Å². The second-order valence-corrected chi connectivity index (χ2v) is 4.37. The SMILES string of the molecule is CC1CSc2cccc(CO)c2N1. The van der Waals surface area contributed by atoms with Crippen molar-refractivity contribution in [1.82, 2.24) is 0 Å². The quantitative estimate of drug-likeness (QED) is 0.719. The van der Waals surface area contributed by atoms with Gasteiger partial charge < -0.3 is 10.4 Å². The van der Waals surface area contributed by atoms with E-state index in [9.17, 15) is 0 Å². The third-order valence-electron chi connectivity index (χ3n) is 2.16. The smallest absolute Gasteiger partial charge is 0.0702 e. The highest BCUT2D eigenvalue weighted by Gasteiger charge is 2.16. The molecule has 2 rings (SSSR count). The van der Waals surface area contributed by atoms with Crippen LogP contribution in [0.4, 0.5) is 5.69 Å². The third kappa shape index (κ3) is 1.67. The number of fused-ring (bicyclic) bond motifs is 1. The summed E-state index contributed by atoms with van der Waals surface area (Å²) in [5.74, 6) is 1.10.